The van der Waals surface area contributed by atoms with Crippen LogP contribution in [-0.2, 0) is 0 Å². The molecule has 1 atom stereocenters. The molecule has 2 aromatic carbocycles. The zero-order chi connectivity index (χ0) is 21.2. The zero-order valence-electron chi connectivity index (χ0n) is 17.2. The van der Waals surface area contributed by atoms with Crippen molar-refractivity contribution in [1.29, 1.82) is 0 Å². The Kier molecular flexibility index (Phi) is 5.04. The normalized spacial score (nSPS) is 15.9. The van der Waals surface area contributed by atoms with E-state index in [2.05, 4.69) is 9.97 Å². The number of hydrogen-bond acceptors (Lipinski definition) is 5. The van der Waals surface area contributed by atoms with Crippen molar-refractivity contribution >= 4 is 16.8 Å². The summed E-state index contributed by atoms with van der Waals surface area (Å²) in [4.78, 5) is 28.9. The Morgan fingerprint density at radius 3 is 2.87 bits per heavy atom. The number of fused-ring (bicyclic) bond motifs is 1. The van der Waals surface area contributed by atoms with Crippen molar-refractivity contribution in [3.8, 4) is 17.1 Å². The van der Waals surface area contributed by atoms with E-state index in [0.717, 1.165) is 40.8 Å². The second-order valence-corrected chi connectivity index (χ2v) is 7.60. The van der Waals surface area contributed by atoms with E-state index in [1.807, 2.05) is 65.6 Å². The Morgan fingerprint density at radius 1 is 1.03 bits per heavy atom. The lowest BCUT2D eigenvalue weighted by atomic mass is 10.1. The topological polar surface area (TPSA) is 68.2 Å². The minimum atomic E-state index is -0.0653. The van der Waals surface area contributed by atoms with Crippen LogP contribution in [0.2, 0.25) is 0 Å². The summed E-state index contributed by atoms with van der Waals surface area (Å²) < 4.78 is 5.32. The Bertz CT molecular complexity index is 1260. The van der Waals surface area contributed by atoms with E-state index in [9.17, 15) is 4.79 Å². The fourth-order valence-corrected chi connectivity index (χ4v) is 4.15. The lowest BCUT2D eigenvalue weighted by Crippen LogP contribution is -2.31. The van der Waals surface area contributed by atoms with Crippen molar-refractivity contribution in [2.24, 2.45) is 0 Å². The summed E-state index contributed by atoms with van der Waals surface area (Å²) in [5.41, 5.74) is 3.31. The van der Waals surface area contributed by atoms with Crippen molar-refractivity contribution in [1.82, 2.24) is 19.9 Å². The molecule has 31 heavy (non-hydrogen) atoms. The maximum absolute atomic E-state index is 13.4. The molecule has 6 heteroatoms. The molecule has 1 unspecified atom stereocenters. The molecule has 0 bridgehead atoms. The molecule has 6 nitrogen and oxygen atoms in total. The number of aromatic nitrogens is 3. The number of pyridine rings is 1. The van der Waals surface area contributed by atoms with Gasteiger partial charge in [-0.25, -0.2) is 9.97 Å². The molecule has 0 saturated carbocycles. The molecule has 0 radical (unpaired) electrons. The van der Waals surface area contributed by atoms with E-state index in [-0.39, 0.29) is 11.9 Å². The molecule has 154 valence electrons. The van der Waals surface area contributed by atoms with Crippen LogP contribution >= 0.6 is 0 Å². The van der Waals surface area contributed by atoms with Crippen LogP contribution in [0.1, 0.15) is 34.9 Å². The fraction of sp³-hybridized carbons (Fsp3) is 0.200. The van der Waals surface area contributed by atoms with Crippen molar-refractivity contribution < 1.29 is 9.53 Å². The van der Waals surface area contributed by atoms with Crippen LogP contribution in [0.4, 0.5) is 0 Å². The highest BCUT2D eigenvalue weighted by atomic mass is 16.5. The summed E-state index contributed by atoms with van der Waals surface area (Å²) in [5, 5.41) is 0.964. The van der Waals surface area contributed by atoms with Gasteiger partial charge in [-0.3, -0.25) is 9.78 Å². The number of ether oxygens (including phenoxy) is 1. The minimum absolute atomic E-state index is 0.0230. The maximum atomic E-state index is 13.4. The number of likely N-dealkylation sites (tertiary alicyclic amines) is 1. The van der Waals surface area contributed by atoms with E-state index in [0.29, 0.717) is 17.9 Å². The number of rotatable bonds is 4. The highest BCUT2D eigenvalue weighted by Gasteiger charge is 2.32. The lowest BCUT2D eigenvalue weighted by molar-refractivity contribution is 0.0733. The van der Waals surface area contributed by atoms with Crippen LogP contribution in [0, 0.1) is 0 Å². The third-order valence-corrected chi connectivity index (χ3v) is 5.71. The van der Waals surface area contributed by atoms with Gasteiger partial charge in [-0.1, -0.05) is 18.2 Å². The van der Waals surface area contributed by atoms with E-state index in [4.69, 9.17) is 9.72 Å². The smallest absolute Gasteiger partial charge is 0.254 e. The average molecular weight is 410 g/mol. The van der Waals surface area contributed by atoms with Crippen LogP contribution in [0.5, 0.6) is 5.75 Å². The zero-order valence-corrected chi connectivity index (χ0v) is 17.2. The molecule has 4 aromatic rings. The quantitative estimate of drug-likeness (QED) is 0.489. The number of carbonyl (C=O) groups is 1. The van der Waals surface area contributed by atoms with Gasteiger partial charge >= 0.3 is 0 Å². The SMILES string of the molecule is COc1cccc(-c2nccc(C3CCCN3C(=O)c3ccc4ncccc4c3)n2)c1. The van der Waals surface area contributed by atoms with Crippen molar-refractivity contribution in [3.05, 3.63) is 84.3 Å². The predicted octanol–water partition coefficient (Wildman–Crippen LogP) is 4.68. The van der Waals surface area contributed by atoms with Gasteiger partial charge in [0, 0.05) is 35.5 Å². The molecule has 2 aromatic heterocycles. The van der Waals surface area contributed by atoms with Crippen molar-refractivity contribution in [3.63, 3.8) is 0 Å². The summed E-state index contributed by atoms with van der Waals surface area (Å²) in [6.07, 6.45) is 5.36. The van der Waals surface area contributed by atoms with Gasteiger partial charge in [-0.05, 0) is 55.3 Å². The molecule has 0 aliphatic carbocycles. The summed E-state index contributed by atoms with van der Waals surface area (Å²) in [5.74, 6) is 1.41. The number of amides is 1. The molecular weight excluding hydrogens is 388 g/mol. The molecule has 1 aliphatic heterocycles. The molecule has 1 aliphatic rings. The average Bonchev–Trinajstić information content (AvgIpc) is 3.33. The molecular formula is C25H22N4O2. The van der Waals surface area contributed by atoms with Gasteiger partial charge in [-0.15, -0.1) is 0 Å². The number of benzene rings is 2. The van der Waals surface area contributed by atoms with Gasteiger partial charge in [0.15, 0.2) is 5.82 Å². The predicted molar refractivity (Wildman–Crippen MR) is 119 cm³/mol. The Morgan fingerprint density at radius 2 is 1.97 bits per heavy atom. The van der Waals surface area contributed by atoms with Gasteiger partial charge in [-0.2, -0.15) is 0 Å². The van der Waals surface area contributed by atoms with Gasteiger partial charge in [0.05, 0.1) is 24.4 Å². The third kappa shape index (κ3) is 3.72. The molecule has 1 saturated heterocycles. The van der Waals surface area contributed by atoms with Gasteiger partial charge < -0.3 is 9.64 Å². The second kappa shape index (κ2) is 8.14. The van der Waals surface area contributed by atoms with Crippen LogP contribution in [-0.4, -0.2) is 39.4 Å². The number of nitrogens with zero attached hydrogens (tertiary/aromatic N) is 4. The Balaban J connectivity index is 1.45. The first kappa shape index (κ1) is 19.2. The molecule has 3 heterocycles. The molecule has 0 spiro atoms. The number of methoxy groups -OCH3 is 1. The van der Waals surface area contributed by atoms with Crippen LogP contribution in [0.3, 0.4) is 0 Å². The summed E-state index contributed by atoms with van der Waals surface area (Å²) in [6.45, 7) is 0.715. The minimum Gasteiger partial charge on any atom is -0.497 e. The standard InChI is InChI=1S/C25H22N4O2/c1-31-20-7-2-5-18(16-20)24-27-13-11-22(28-24)23-8-4-14-29(23)25(30)19-9-10-21-17(15-19)6-3-12-26-21/h2-3,5-7,9-13,15-16,23H,4,8,14H2,1H3. The lowest BCUT2D eigenvalue weighted by Gasteiger charge is -2.24. The fourth-order valence-electron chi connectivity index (χ4n) is 4.15. The molecule has 1 fully saturated rings. The second-order valence-electron chi connectivity index (χ2n) is 7.60. The van der Waals surface area contributed by atoms with Crippen LogP contribution in [0.25, 0.3) is 22.3 Å². The first-order valence-corrected chi connectivity index (χ1v) is 10.4. The molecule has 5 rings (SSSR count). The van der Waals surface area contributed by atoms with Gasteiger partial charge in [0.2, 0.25) is 0 Å². The summed E-state index contributed by atoms with van der Waals surface area (Å²) >= 11 is 0. The first-order valence-electron chi connectivity index (χ1n) is 10.4. The van der Waals surface area contributed by atoms with E-state index in [1.165, 1.54) is 0 Å². The van der Waals surface area contributed by atoms with Crippen molar-refractivity contribution in [2.45, 2.75) is 18.9 Å². The first-order chi connectivity index (χ1) is 15.2. The largest absolute Gasteiger partial charge is 0.497 e. The van der Waals surface area contributed by atoms with Crippen LogP contribution in [0.15, 0.2) is 73.1 Å². The number of carbonyl (C=O) groups excluding carboxylic acids is 1. The van der Waals surface area contributed by atoms with E-state index < -0.39 is 0 Å². The van der Waals surface area contributed by atoms with E-state index in [1.54, 1.807) is 19.5 Å². The summed E-state index contributed by atoms with van der Waals surface area (Å²) in [6, 6.07) is 19.1. The Hall–Kier alpha value is -3.80. The van der Waals surface area contributed by atoms with Crippen LogP contribution < -0.4 is 4.74 Å². The highest BCUT2D eigenvalue weighted by Crippen LogP contribution is 2.33. The van der Waals surface area contributed by atoms with Gasteiger partial charge in [0.25, 0.3) is 5.91 Å². The monoisotopic (exact) mass is 410 g/mol. The molecule has 0 N–H and O–H groups in total. The van der Waals surface area contributed by atoms with Gasteiger partial charge in [0.1, 0.15) is 5.75 Å². The Labute approximate surface area is 180 Å². The number of hydrogen-bond donors (Lipinski definition) is 0. The summed E-state index contributed by atoms with van der Waals surface area (Å²) in [7, 11) is 1.64. The highest BCUT2D eigenvalue weighted by molar-refractivity contribution is 5.98. The maximum Gasteiger partial charge on any atom is 0.254 e. The van der Waals surface area contributed by atoms with E-state index >= 15 is 0 Å². The van der Waals surface area contributed by atoms with Crippen molar-refractivity contribution in [2.75, 3.05) is 13.7 Å². The molecule has 1 amide bonds. The third-order valence-electron chi connectivity index (χ3n) is 5.71.